The van der Waals surface area contributed by atoms with Crippen molar-refractivity contribution in [1.29, 1.82) is 0 Å². The second-order valence-electron chi connectivity index (χ2n) is 3.27. The maximum absolute atomic E-state index is 9.43. The minimum absolute atomic E-state index is 0.102. The van der Waals surface area contributed by atoms with Crippen LogP contribution in [0.5, 0.6) is 0 Å². The molecule has 1 heterocycles. The van der Waals surface area contributed by atoms with E-state index in [0.717, 1.165) is 13.1 Å². The molecule has 0 amide bonds. The fraction of sp³-hybridized carbons (Fsp3) is 1.00. The van der Waals surface area contributed by atoms with E-state index >= 15 is 0 Å². The molecule has 0 aliphatic carbocycles. The lowest BCUT2D eigenvalue weighted by Crippen LogP contribution is -2.23. The standard InChI is InChI=1S/C8H17NO/c1-3-6(2)7-4-9-5-8(7)10/h6-10H,3-5H2,1-2H3/t6?,7-,8+/m0/s1. The van der Waals surface area contributed by atoms with E-state index < -0.39 is 0 Å². The normalized spacial score (nSPS) is 36.3. The van der Waals surface area contributed by atoms with Crippen LogP contribution in [0.25, 0.3) is 0 Å². The molecule has 60 valence electrons. The van der Waals surface area contributed by atoms with Crippen LogP contribution < -0.4 is 5.32 Å². The Bertz CT molecular complexity index is 105. The van der Waals surface area contributed by atoms with E-state index in [9.17, 15) is 5.11 Å². The molecule has 1 saturated heterocycles. The predicted octanol–water partition coefficient (Wildman–Crippen LogP) is 0.613. The number of β-amino-alcohol motifs (C(OH)–C–C–N with tert-alkyl or cyclic N) is 1. The van der Waals surface area contributed by atoms with E-state index in [1.807, 2.05) is 0 Å². The van der Waals surface area contributed by atoms with Gasteiger partial charge in [-0.3, -0.25) is 0 Å². The first-order valence-corrected chi connectivity index (χ1v) is 4.14. The van der Waals surface area contributed by atoms with Crippen molar-refractivity contribution in [3.05, 3.63) is 0 Å². The molecule has 1 rings (SSSR count). The molecule has 0 bridgehead atoms. The zero-order chi connectivity index (χ0) is 7.56. The summed E-state index contributed by atoms with van der Waals surface area (Å²) >= 11 is 0. The van der Waals surface area contributed by atoms with Crippen LogP contribution in [0.15, 0.2) is 0 Å². The van der Waals surface area contributed by atoms with Gasteiger partial charge in [-0.1, -0.05) is 20.3 Å². The Labute approximate surface area is 62.6 Å². The lowest BCUT2D eigenvalue weighted by atomic mass is 9.89. The van der Waals surface area contributed by atoms with Crippen LogP contribution in [-0.4, -0.2) is 24.3 Å². The highest BCUT2D eigenvalue weighted by Gasteiger charge is 2.28. The van der Waals surface area contributed by atoms with E-state index in [1.165, 1.54) is 6.42 Å². The molecule has 2 nitrogen and oxygen atoms in total. The molecule has 0 radical (unpaired) electrons. The van der Waals surface area contributed by atoms with Gasteiger partial charge in [0.15, 0.2) is 0 Å². The average molecular weight is 143 g/mol. The van der Waals surface area contributed by atoms with Crippen molar-refractivity contribution < 1.29 is 5.11 Å². The maximum Gasteiger partial charge on any atom is 0.0707 e. The van der Waals surface area contributed by atoms with Gasteiger partial charge in [-0.2, -0.15) is 0 Å². The fourth-order valence-electron chi connectivity index (χ4n) is 1.57. The highest BCUT2D eigenvalue weighted by atomic mass is 16.3. The van der Waals surface area contributed by atoms with Crippen LogP contribution >= 0.6 is 0 Å². The van der Waals surface area contributed by atoms with Crippen LogP contribution in [0.1, 0.15) is 20.3 Å². The highest BCUT2D eigenvalue weighted by molar-refractivity contribution is 4.83. The Kier molecular flexibility index (Phi) is 2.69. The average Bonchev–Trinajstić information content (AvgIpc) is 2.34. The van der Waals surface area contributed by atoms with Crippen LogP contribution in [0, 0.1) is 11.8 Å². The first kappa shape index (κ1) is 8.02. The first-order valence-electron chi connectivity index (χ1n) is 4.14. The molecular weight excluding hydrogens is 126 g/mol. The van der Waals surface area contributed by atoms with Crippen molar-refractivity contribution in [3.8, 4) is 0 Å². The minimum atomic E-state index is -0.102. The van der Waals surface area contributed by atoms with Crippen molar-refractivity contribution in [2.75, 3.05) is 13.1 Å². The summed E-state index contributed by atoms with van der Waals surface area (Å²) in [5, 5.41) is 12.6. The van der Waals surface area contributed by atoms with Gasteiger partial charge in [0, 0.05) is 19.0 Å². The largest absolute Gasteiger partial charge is 0.391 e. The molecule has 0 aromatic heterocycles. The summed E-state index contributed by atoms with van der Waals surface area (Å²) in [6.45, 7) is 6.17. The third-order valence-electron chi connectivity index (χ3n) is 2.60. The number of nitrogens with one attached hydrogen (secondary N) is 1. The molecule has 1 unspecified atom stereocenters. The van der Waals surface area contributed by atoms with Gasteiger partial charge >= 0.3 is 0 Å². The summed E-state index contributed by atoms with van der Waals surface area (Å²) < 4.78 is 0. The van der Waals surface area contributed by atoms with Gasteiger partial charge in [0.05, 0.1) is 6.10 Å². The van der Waals surface area contributed by atoms with Gasteiger partial charge in [-0.05, 0) is 5.92 Å². The van der Waals surface area contributed by atoms with Crippen molar-refractivity contribution in [1.82, 2.24) is 5.32 Å². The molecule has 1 aliphatic heterocycles. The lowest BCUT2D eigenvalue weighted by molar-refractivity contribution is 0.117. The fourth-order valence-corrected chi connectivity index (χ4v) is 1.57. The molecule has 0 saturated carbocycles. The topological polar surface area (TPSA) is 32.3 Å². The zero-order valence-electron chi connectivity index (χ0n) is 6.80. The Hall–Kier alpha value is -0.0800. The quantitative estimate of drug-likeness (QED) is 0.593. The van der Waals surface area contributed by atoms with Gasteiger partial charge in [0.1, 0.15) is 0 Å². The number of aliphatic hydroxyl groups excluding tert-OH is 1. The SMILES string of the molecule is CCC(C)[C@@H]1CNC[C@H]1O. The van der Waals surface area contributed by atoms with Gasteiger partial charge in [-0.15, -0.1) is 0 Å². The molecule has 1 aliphatic rings. The monoisotopic (exact) mass is 143 g/mol. The molecule has 2 N–H and O–H groups in total. The van der Waals surface area contributed by atoms with Gasteiger partial charge in [0.25, 0.3) is 0 Å². The summed E-state index contributed by atoms with van der Waals surface area (Å²) in [4.78, 5) is 0. The zero-order valence-corrected chi connectivity index (χ0v) is 6.80. The molecule has 0 spiro atoms. The molecule has 3 atom stereocenters. The third-order valence-corrected chi connectivity index (χ3v) is 2.60. The number of hydrogen-bond donors (Lipinski definition) is 2. The van der Waals surface area contributed by atoms with Crippen LogP contribution in [0.3, 0.4) is 0 Å². The highest BCUT2D eigenvalue weighted by Crippen LogP contribution is 2.21. The molecule has 1 fully saturated rings. The smallest absolute Gasteiger partial charge is 0.0707 e. The maximum atomic E-state index is 9.43. The lowest BCUT2D eigenvalue weighted by Gasteiger charge is -2.19. The summed E-state index contributed by atoms with van der Waals surface area (Å²) in [6, 6.07) is 0. The molecule has 0 aromatic rings. The minimum Gasteiger partial charge on any atom is -0.391 e. The van der Waals surface area contributed by atoms with E-state index in [-0.39, 0.29) is 6.10 Å². The predicted molar refractivity (Wildman–Crippen MR) is 41.8 cm³/mol. The first-order chi connectivity index (χ1) is 4.75. The summed E-state index contributed by atoms with van der Waals surface area (Å²) in [6.07, 6.45) is 1.07. The van der Waals surface area contributed by atoms with Crippen molar-refractivity contribution >= 4 is 0 Å². The van der Waals surface area contributed by atoms with Crippen LogP contribution in [-0.2, 0) is 0 Å². The van der Waals surface area contributed by atoms with Crippen molar-refractivity contribution in [2.24, 2.45) is 11.8 Å². The third kappa shape index (κ3) is 1.50. The van der Waals surface area contributed by atoms with Gasteiger partial charge < -0.3 is 10.4 Å². The second kappa shape index (κ2) is 3.35. The van der Waals surface area contributed by atoms with E-state index in [4.69, 9.17) is 0 Å². The van der Waals surface area contributed by atoms with Gasteiger partial charge in [0.2, 0.25) is 0 Å². The Balaban J connectivity index is 2.38. The molecule has 0 aromatic carbocycles. The summed E-state index contributed by atoms with van der Waals surface area (Å²) in [5.41, 5.74) is 0. The number of hydrogen-bond acceptors (Lipinski definition) is 2. The second-order valence-corrected chi connectivity index (χ2v) is 3.27. The van der Waals surface area contributed by atoms with Crippen LogP contribution in [0.2, 0.25) is 0 Å². The van der Waals surface area contributed by atoms with E-state index in [2.05, 4.69) is 19.2 Å². The van der Waals surface area contributed by atoms with E-state index in [1.54, 1.807) is 0 Å². The molecule has 10 heavy (non-hydrogen) atoms. The number of aliphatic hydroxyl groups is 1. The van der Waals surface area contributed by atoms with Crippen molar-refractivity contribution in [2.45, 2.75) is 26.4 Å². The Morgan fingerprint density at radius 1 is 1.60 bits per heavy atom. The molecular formula is C8H17NO. The summed E-state index contributed by atoms with van der Waals surface area (Å²) in [7, 11) is 0. The molecule has 2 heteroatoms. The van der Waals surface area contributed by atoms with Gasteiger partial charge in [-0.25, -0.2) is 0 Å². The van der Waals surface area contributed by atoms with E-state index in [0.29, 0.717) is 11.8 Å². The summed E-state index contributed by atoms with van der Waals surface area (Å²) in [5.74, 6) is 1.15. The Morgan fingerprint density at radius 2 is 2.30 bits per heavy atom. The van der Waals surface area contributed by atoms with Crippen molar-refractivity contribution in [3.63, 3.8) is 0 Å². The van der Waals surface area contributed by atoms with Crippen LogP contribution in [0.4, 0.5) is 0 Å². The Morgan fingerprint density at radius 3 is 2.70 bits per heavy atom. The number of rotatable bonds is 2.